The lowest BCUT2D eigenvalue weighted by Gasteiger charge is -2.15. The van der Waals surface area contributed by atoms with Gasteiger partial charge >= 0.3 is 5.97 Å². The molecule has 8 nitrogen and oxygen atoms in total. The van der Waals surface area contributed by atoms with Crippen LogP contribution in [0, 0.1) is 6.92 Å². The lowest BCUT2D eigenvalue weighted by atomic mass is 10.2. The molecule has 0 aliphatic rings. The number of carbonyl (C=O) groups is 1. The van der Waals surface area contributed by atoms with Gasteiger partial charge in [-0.2, -0.15) is 0 Å². The molecule has 0 aliphatic carbocycles. The highest BCUT2D eigenvalue weighted by Crippen LogP contribution is 2.40. The Kier molecular flexibility index (Phi) is 8.01. The maximum Gasteiger partial charge on any atom is 0.347 e. The zero-order chi connectivity index (χ0) is 25.0. The fourth-order valence-electron chi connectivity index (χ4n) is 2.77. The lowest BCUT2D eigenvalue weighted by Crippen LogP contribution is -2.17. The number of halogens is 2. The average Bonchev–Trinajstić information content (AvgIpc) is 2.78. The molecule has 0 spiro atoms. The van der Waals surface area contributed by atoms with Crippen molar-refractivity contribution >= 4 is 53.9 Å². The predicted octanol–water partition coefficient (Wildman–Crippen LogP) is 5.67. The Balaban J connectivity index is 1.93. The molecule has 3 rings (SSSR count). The summed E-state index contributed by atoms with van der Waals surface area (Å²) in [6, 6.07) is 13.6. The Bertz CT molecular complexity index is 1350. The normalized spacial score (nSPS) is 12.5. The molecule has 2 N–H and O–H groups in total. The minimum absolute atomic E-state index is 0.00259. The summed E-state index contributed by atoms with van der Waals surface area (Å²) in [6.07, 6.45) is 0.242. The van der Waals surface area contributed by atoms with Crippen LogP contribution in [0.1, 0.15) is 18.1 Å². The van der Waals surface area contributed by atoms with Crippen LogP contribution in [0.4, 0.5) is 0 Å². The van der Waals surface area contributed by atoms with Crippen LogP contribution in [0.2, 0.25) is 0 Å². The Morgan fingerprint density at radius 2 is 1.74 bits per heavy atom. The number of phenols is 1. The van der Waals surface area contributed by atoms with Crippen molar-refractivity contribution in [3.05, 3.63) is 74.7 Å². The molecule has 0 aromatic heterocycles. The molecule has 0 radical (unpaired) electrons. The highest BCUT2D eigenvalue weighted by Gasteiger charge is 2.24. The standard InChI is InChI=1S/C23H19Br2NO7S/c1-13-9-16(7-8-19(13)27)34(30,31)21-6-4-3-5-20(21)32-22-17(24)10-15(11-18(22)25)12-26-33-14(2)23(28)29/h3-12,14,27H,1-2H3,(H,28,29). The molecule has 11 heteroatoms. The predicted molar refractivity (Wildman–Crippen MR) is 132 cm³/mol. The summed E-state index contributed by atoms with van der Waals surface area (Å²) in [4.78, 5) is 15.6. The van der Waals surface area contributed by atoms with E-state index in [0.29, 0.717) is 25.8 Å². The first-order valence-electron chi connectivity index (χ1n) is 9.73. The molecule has 0 amide bonds. The van der Waals surface area contributed by atoms with Gasteiger partial charge in [0.2, 0.25) is 15.9 Å². The Hall–Kier alpha value is -2.89. The van der Waals surface area contributed by atoms with Crippen LogP contribution in [-0.2, 0) is 19.5 Å². The highest BCUT2D eigenvalue weighted by atomic mass is 79.9. The van der Waals surface area contributed by atoms with Crippen molar-refractivity contribution in [3.8, 4) is 17.2 Å². The van der Waals surface area contributed by atoms with Gasteiger partial charge in [0.25, 0.3) is 0 Å². The number of benzene rings is 3. The van der Waals surface area contributed by atoms with E-state index < -0.39 is 21.9 Å². The first kappa shape index (κ1) is 25.7. The van der Waals surface area contributed by atoms with E-state index in [1.165, 1.54) is 43.5 Å². The van der Waals surface area contributed by atoms with Gasteiger partial charge in [-0.15, -0.1) is 0 Å². The number of nitrogens with zero attached hydrogens (tertiary/aromatic N) is 1. The molecule has 178 valence electrons. The summed E-state index contributed by atoms with van der Waals surface area (Å²) in [6.45, 7) is 2.97. The number of ether oxygens (including phenoxy) is 1. The van der Waals surface area contributed by atoms with Gasteiger partial charge in [0.15, 0.2) is 5.75 Å². The molecule has 3 aromatic carbocycles. The van der Waals surface area contributed by atoms with Crippen molar-refractivity contribution in [1.29, 1.82) is 0 Å². The largest absolute Gasteiger partial charge is 0.508 e. The van der Waals surface area contributed by atoms with Crippen molar-refractivity contribution in [2.45, 2.75) is 29.7 Å². The molecule has 34 heavy (non-hydrogen) atoms. The fraction of sp³-hybridized carbons (Fsp3) is 0.130. The fourth-order valence-corrected chi connectivity index (χ4v) is 5.62. The molecule has 0 heterocycles. The van der Waals surface area contributed by atoms with Gasteiger partial charge in [-0.3, -0.25) is 0 Å². The lowest BCUT2D eigenvalue weighted by molar-refractivity contribution is -0.149. The summed E-state index contributed by atoms with van der Waals surface area (Å²) in [5, 5.41) is 22.2. The average molecular weight is 613 g/mol. The number of aryl methyl sites for hydroxylation is 1. The Morgan fingerprint density at radius 3 is 2.35 bits per heavy atom. The van der Waals surface area contributed by atoms with Gasteiger partial charge in [-0.1, -0.05) is 17.3 Å². The summed E-state index contributed by atoms with van der Waals surface area (Å²) in [5.74, 6) is -0.710. The SMILES string of the molecule is Cc1cc(S(=O)(=O)c2ccccc2Oc2c(Br)cc(C=NOC(C)C(=O)O)cc2Br)ccc1O. The second-order valence-corrected chi connectivity index (χ2v) is 10.8. The van der Waals surface area contributed by atoms with Crippen LogP contribution < -0.4 is 4.74 Å². The molecule has 0 saturated carbocycles. The van der Waals surface area contributed by atoms with E-state index in [1.54, 1.807) is 31.2 Å². The van der Waals surface area contributed by atoms with Gasteiger partial charge in [-0.05, 0) is 99.3 Å². The molecular weight excluding hydrogens is 594 g/mol. The summed E-state index contributed by atoms with van der Waals surface area (Å²) < 4.78 is 33.6. The Morgan fingerprint density at radius 1 is 1.09 bits per heavy atom. The van der Waals surface area contributed by atoms with Crippen LogP contribution in [0.5, 0.6) is 17.2 Å². The number of hydrogen-bond donors (Lipinski definition) is 2. The smallest absolute Gasteiger partial charge is 0.347 e. The van der Waals surface area contributed by atoms with Gasteiger partial charge < -0.3 is 19.8 Å². The number of carboxylic acid groups (broad SMARTS) is 1. The minimum atomic E-state index is -3.94. The van der Waals surface area contributed by atoms with E-state index >= 15 is 0 Å². The maximum atomic E-state index is 13.3. The summed E-state index contributed by atoms with van der Waals surface area (Å²) in [7, 11) is -3.94. The number of aliphatic carboxylic acids is 1. The number of para-hydroxylation sites is 1. The maximum absolute atomic E-state index is 13.3. The first-order chi connectivity index (χ1) is 16.0. The molecule has 0 bridgehead atoms. The van der Waals surface area contributed by atoms with E-state index in [1.807, 2.05) is 0 Å². The van der Waals surface area contributed by atoms with Gasteiger partial charge in [0, 0.05) is 0 Å². The van der Waals surface area contributed by atoms with E-state index in [2.05, 4.69) is 37.0 Å². The molecule has 0 saturated heterocycles. The molecular formula is C23H19Br2NO7S. The third kappa shape index (κ3) is 5.78. The van der Waals surface area contributed by atoms with E-state index in [-0.39, 0.29) is 21.3 Å². The van der Waals surface area contributed by atoms with Crippen LogP contribution in [0.25, 0.3) is 0 Å². The molecule has 0 aliphatic heterocycles. The van der Waals surface area contributed by atoms with Crippen LogP contribution in [0.3, 0.4) is 0 Å². The summed E-state index contributed by atoms with van der Waals surface area (Å²) >= 11 is 6.82. The molecule has 1 unspecified atom stereocenters. The topological polar surface area (TPSA) is 122 Å². The first-order valence-corrected chi connectivity index (χ1v) is 12.8. The van der Waals surface area contributed by atoms with Gasteiger partial charge in [0.1, 0.15) is 16.4 Å². The van der Waals surface area contributed by atoms with Crippen molar-refractivity contribution in [2.75, 3.05) is 0 Å². The second-order valence-electron chi connectivity index (χ2n) is 7.13. The van der Waals surface area contributed by atoms with Crippen LogP contribution in [-0.4, -0.2) is 36.9 Å². The molecule has 0 fully saturated rings. The number of carboxylic acids is 1. The zero-order valence-electron chi connectivity index (χ0n) is 17.9. The van der Waals surface area contributed by atoms with Crippen molar-refractivity contribution in [2.24, 2.45) is 5.16 Å². The zero-order valence-corrected chi connectivity index (χ0v) is 21.9. The second kappa shape index (κ2) is 10.6. The van der Waals surface area contributed by atoms with Crippen molar-refractivity contribution in [3.63, 3.8) is 0 Å². The van der Waals surface area contributed by atoms with Crippen LogP contribution in [0.15, 0.2) is 78.5 Å². The van der Waals surface area contributed by atoms with Crippen molar-refractivity contribution in [1.82, 2.24) is 0 Å². The quantitative estimate of drug-likeness (QED) is 0.248. The number of aromatic hydroxyl groups is 1. The molecule has 3 aromatic rings. The van der Waals surface area contributed by atoms with Crippen molar-refractivity contribution < 1.29 is 33.0 Å². The monoisotopic (exact) mass is 611 g/mol. The van der Waals surface area contributed by atoms with Gasteiger partial charge in [-0.25, -0.2) is 13.2 Å². The third-order valence-corrected chi connectivity index (χ3v) is 7.59. The number of oxime groups is 1. The number of phenolic OH excluding ortho intramolecular Hbond substituents is 1. The number of hydrogen-bond acceptors (Lipinski definition) is 7. The van der Waals surface area contributed by atoms with E-state index in [9.17, 15) is 18.3 Å². The van der Waals surface area contributed by atoms with E-state index in [4.69, 9.17) is 14.7 Å². The van der Waals surface area contributed by atoms with Gasteiger partial charge in [0.05, 0.1) is 20.1 Å². The third-order valence-electron chi connectivity index (χ3n) is 4.62. The van der Waals surface area contributed by atoms with Crippen LogP contribution >= 0.6 is 31.9 Å². The number of sulfone groups is 1. The summed E-state index contributed by atoms with van der Waals surface area (Å²) in [5.41, 5.74) is 1.01. The highest BCUT2D eigenvalue weighted by molar-refractivity contribution is 9.11. The number of rotatable bonds is 8. The minimum Gasteiger partial charge on any atom is -0.508 e. The van der Waals surface area contributed by atoms with E-state index in [0.717, 1.165) is 0 Å². The Labute approximate surface area is 213 Å². The molecule has 1 atom stereocenters.